The first-order valence-corrected chi connectivity index (χ1v) is 14.7. The van der Waals surface area contributed by atoms with E-state index in [-0.39, 0.29) is 65.4 Å². The van der Waals surface area contributed by atoms with Gasteiger partial charge in [-0.15, -0.1) is 0 Å². The molecular formula is C29H32Cl2N4O8. The number of hydrazine groups is 1. The standard InChI is InChI=1S/C29H32Cl2N4O8/c1-16(2)14-20(22(36)15-43-29(41)25-17(30)6-3-7-18(25)31)33-26(38)21-8-4-12-34-24(37)11-10-19(28(40)35(21)34)32-27(39)23-9-5-13-42-23/h3,5-7,9,13,16,19-21H,4,8,10-12,14-15H2,1-2H3,(H,32,39)(H,33,38)/t19-,20-,21-/m0/s1. The third-order valence-corrected chi connectivity index (χ3v) is 7.77. The molecule has 4 amide bonds. The molecule has 2 saturated heterocycles. The number of carbonyl (C=O) groups excluding carboxylic acids is 6. The third-order valence-electron chi connectivity index (χ3n) is 7.14. The maximum absolute atomic E-state index is 13.7. The smallest absolute Gasteiger partial charge is 0.341 e. The Bertz CT molecular complexity index is 1380. The number of carbonyl (C=O) groups is 6. The Hall–Kier alpha value is -3.90. The lowest BCUT2D eigenvalue weighted by Crippen LogP contribution is -2.64. The second-order valence-electron chi connectivity index (χ2n) is 10.7. The lowest BCUT2D eigenvalue weighted by Gasteiger charge is -2.43. The number of hydrogen-bond donors (Lipinski definition) is 2. The first-order valence-electron chi connectivity index (χ1n) is 13.9. The minimum atomic E-state index is -1.11. The molecule has 2 aliphatic rings. The Balaban J connectivity index is 1.48. The maximum Gasteiger partial charge on any atom is 0.341 e. The summed E-state index contributed by atoms with van der Waals surface area (Å²) in [6.07, 6.45) is 2.23. The molecule has 0 bridgehead atoms. The fraction of sp³-hybridized carbons (Fsp3) is 0.448. The van der Waals surface area contributed by atoms with Crippen LogP contribution in [0.15, 0.2) is 41.0 Å². The van der Waals surface area contributed by atoms with Crippen LogP contribution in [0, 0.1) is 5.92 Å². The van der Waals surface area contributed by atoms with Crippen LogP contribution in [0.2, 0.25) is 10.0 Å². The average molecular weight is 636 g/mol. The van der Waals surface area contributed by atoms with Crippen LogP contribution >= 0.6 is 23.2 Å². The zero-order chi connectivity index (χ0) is 31.3. The van der Waals surface area contributed by atoms with Gasteiger partial charge in [0.05, 0.1) is 27.9 Å². The number of fused-ring (bicyclic) bond motifs is 1. The van der Waals surface area contributed by atoms with Gasteiger partial charge in [-0.3, -0.25) is 29.0 Å². The van der Waals surface area contributed by atoms with Crippen molar-refractivity contribution in [2.45, 2.75) is 64.1 Å². The Morgan fingerprint density at radius 1 is 1.07 bits per heavy atom. The molecule has 2 aliphatic heterocycles. The summed E-state index contributed by atoms with van der Waals surface area (Å²) >= 11 is 12.1. The molecule has 1 aromatic heterocycles. The monoisotopic (exact) mass is 634 g/mol. The fourth-order valence-corrected chi connectivity index (χ4v) is 5.61. The second-order valence-corrected chi connectivity index (χ2v) is 11.5. The number of halogens is 2. The molecule has 1 aromatic carbocycles. The van der Waals surface area contributed by atoms with Crippen LogP contribution in [0.3, 0.4) is 0 Å². The van der Waals surface area contributed by atoms with Crippen molar-refractivity contribution >= 4 is 58.6 Å². The van der Waals surface area contributed by atoms with E-state index in [1.54, 1.807) is 6.07 Å². The number of hydrogen-bond acceptors (Lipinski definition) is 8. The van der Waals surface area contributed by atoms with Gasteiger partial charge in [0.2, 0.25) is 11.8 Å². The van der Waals surface area contributed by atoms with E-state index in [4.69, 9.17) is 32.4 Å². The predicted octanol–water partition coefficient (Wildman–Crippen LogP) is 3.17. The van der Waals surface area contributed by atoms with Gasteiger partial charge in [-0.25, -0.2) is 9.80 Å². The summed E-state index contributed by atoms with van der Waals surface area (Å²) in [4.78, 5) is 78.7. The van der Waals surface area contributed by atoms with Crippen molar-refractivity contribution in [1.82, 2.24) is 20.7 Å². The van der Waals surface area contributed by atoms with Gasteiger partial charge in [0.1, 0.15) is 12.1 Å². The van der Waals surface area contributed by atoms with Crippen LogP contribution in [0.4, 0.5) is 0 Å². The molecule has 0 saturated carbocycles. The molecule has 2 fully saturated rings. The maximum atomic E-state index is 13.7. The summed E-state index contributed by atoms with van der Waals surface area (Å²) in [5.41, 5.74) is -0.0802. The Morgan fingerprint density at radius 2 is 1.79 bits per heavy atom. The van der Waals surface area contributed by atoms with Crippen molar-refractivity contribution in [3.63, 3.8) is 0 Å². The number of furan rings is 1. The van der Waals surface area contributed by atoms with Crippen molar-refractivity contribution in [3.8, 4) is 0 Å². The highest BCUT2D eigenvalue weighted by atomic mass is 35.5. The lowest BCUT2D eigenvalue weighted by molar-refractivity contribution is -0.176. The number of esters is 1. The van der Waals surface area contributed by atoms with Crippen LogP contribution in [-0.4, -0.2) is 76.7 Å². The Morgan fingerprint density at radius 3 is 2.44 bits per heavy atom. The Labute approximate surface area is 257 Å². The number of nitrogens with one attached hydrogen (secondary N) is 2. The quantitative estimate of drug-likeness (QED) is 0.378. The number of nitrogens with zero attached hydrogens (tertiary/aromatic N) is 2. The zero-order valence-electron chi connectivity index (χ0n) is 23.6. The number of benzene rings is 1. The number of amides is 4. The van der Waals surface area contributed by atoms with E-state index in [1.807, 2.05) is 13.8 Å². The molecular weight excluding hydrogens is 603 g/mol. The van der Waals surface area contributed by atoms with Crippen molar-refractivity contribution in [1.29, 1.82) is 0 Å². The van der Waals surface area contributed by atoms with Gasteiger partial charge in [-0.2, -0.15) is 0 Å². The molecule has 3 heterocycles. The van der Waals surface area contributed by atoms with Crippen molar-refractivity contribution in [3.05, 3.63) is 58.0 Å². The SMILES string of the molecule is CC(C)C[C@H](NC(=O)[C@@H]1CCCN2C(=O)CC[C@H](NC(=O)c3ccco3)C(=O)N12)C(=O)COC(=O)c1c(Cl)cccc1Cl. The molecule has 14 heteroatoms. The molecule has 0 unspecified atom stereocenters. The second kappa shape index (κ2) is 14.0. The van der Waals surface area contributed by atoms with Gasteiger partial charge >= 0.3 is 5.97 Å². The highest BCUT2D eigenvalue weighted by molar-refractivity contribution is 6.39. The highest BCUT2D eigenvalue weighted by Gasteiger charge is 2.45. The minimum absolute atomic E-state index is 0.000661. The van der Waals surface area contributed by atoms with E-state index in [0.29, 0.717) is 6.42 Å². The summed E-state index contributed by atoms with van der Waals surface area (Å²) < 4.78 is 10.3. The summed E-state index contributed by atoms with van der Waals surface area (Å²) in [5, 5.41) is 7.77. The van der Waals surface area contributed by atoms with E-state index in [1.165, 1.54) is 35.5 Å². The largest absolute Gasteiger partial charge is 0.459 e. The molecule has 0 radical (unpaired) electrons. The van der Waals surface area contributed by atoms with E-state index in [9.17, 15) is 28.8 Å². The summed E-state index contributed by atoms with van der Waals surface area (Å²) in [6.45, 7) is 3.28. The molecule has 0 aliphatic carbocycles. The zero-order valence-corrected chi connectivity index (χ0v) is 25.2. The summed E-state index contributed by atoms with van der Waals surface area (Å²) in [5.74, 6) is -3.76. The normalized spacial score (nSPS) is 19.4. The van der Waals surface area contributed by atoms with E-state index >= 15 is 0 Å². The van der Waals surface area contributed by atoms with Crippen LogP contribution in [0.1, 0.15) is 66.9 Å². The first kappa shape index (κ1) is 32.0. The number of rotatable bonds is 10. The molecule has 2 aromatic rings. The first-order chi connectivity index (χ1) is 20.5. The van der Waals surface area contributed by atoms with Crippen LogP contribution in [-0.2, 0) is 23.9 Å². The van der Waals surface area contributed by atoms with Gasteiger partial charge in [0, 0.05) is 13.0 Å². The number of ketones is 1. The van der Waals surface area contributed by atoms with E-state index in [2.05, 4.69) is 10.6 Å². The van der Waals surface area contributed by atoms with Gasteiger partial charge in [-0.05, 0) is 55.9 Å². The van der Waals surface area contributed by atoms with E-state index < -0.39 is 54.2 Å². The van der Waals surface area contributed by atoms with Gasteiger partial charge in [-0.1, -0.05) is 43.1 Å². The molecule has 43 heavy (non-hydrogen) atoms. The number of ether oxygens (including phenoxy) is 1. The Kier molecular flexibility index (Phi) is 10.5. The van der Waals surface area contributed by atoms with Gasteiger partial charge < -0.3 is 19.8 Å². The topological polar surface area (TPSA) is 155 Å². The van der Waals surface area contributed by atoms with Crippen molar-refractivity contribution < 1.29 is 37.9 Å². The summed E-state index contributed by atoms with van der Waals surface area (Å²) in [7, 11) is 0. The third kappa shape index (κ3) is 7.55. The summed E-state index contributed by atoms with van der Waals surface area (Å²) in [6, 6.07) is 4.21. The van der Waals surface area contributed by atoms with Gasteiger partial charge in [0.25, 0.3) is 11.8 Å². The molecule has 230 valence electrons. The molecule has 0 spiro atoms. The average Bonchev–Trinajstić information content (AvgIpc) is 3.48. The van der Waals surface area contributed by atoms with Crippen LogP contribution in [0.25, 0.3) is 0 Å². The molecule has 3 atom stereocenters. The van der Waals surface area contributed by atoms with E-state index in [0.717, 1.165) is 5.01 Å². The predicted molar refractivity (Wildman–Crippen MR) is 154 cm³/mol. The van der Waals surface area contributed by atoms with Crippen LogP contribution in [0.5, 0.6) is 0 Å². The molecule has 2 N–H and O–H groups in total. The van der Waals surface area contributed by atoms with Gasteiger partial charge in [0.15, 0.2) is 18.2 Å². The minimum Gasteiger partial charge on any atom is -0.459 e. The number of Topliss-reactive ketones (excluding diaryl/α,β-unsaturated/α-hetero) is 1. The highest BCUT2D eigenvalue weighted by Crippen LogP contribution is 2.27. The molecule has 12 nitrogen and oxygen atoms in total. The van der Waals surface area contributed by atoms with Crippen molar-refractivity contribution in [2.75, 3.05) is 13.2 Å². The van der Waals surface area contributed by atoms with Crippen molar-refractivity contribution in [2.24, 2.45) is 5.92 Å². The fourth-order valence-electron chi connectivity index (χ4n) is 5.06. The molecule has 4 rings (SSSR count). The van der Waals surface area contributed by atoms with Crippen LogP contribution < -0.4 is 10.6 Å². The lowest BCUT2D eigenvalue weighted by atomic mass is 9.99.